The minimum absolute atomic E-state index is 0.0747. The van der Waals surface area contributed by atoms with Crippen molar-refractivity contribution in [3.05, 3.63) is 23.8 Å². The number of rotatable bonds is 14. The molecular weight excluding hydrogens is 358 g/mol. The minimum atomic E-state index is 0.0747. The maximum Gasteiger partial charge on any atom is 0.191 e. The topological polar surface area (TPSA) is 73.3 Å². The predicted molar refractivity (Wildman–Crippen MR) is 114 cm³/mol. The Kier molecular flexibility index (Phi) is 12.9. The van der Waals surface area contributed by atoms with Crippen LogP contribution in [0.1, 0.15) is 45.7 Å². The number of nitrogens with one attached hydrogen (secondary N) is 2. The molecule has 160 valence electrons. The van der Waals surface area contributed by atoms with E-state index in [4.69, 9.17) is 18.9 Å². The molecule has 1 aromatic carbocycles. The fourth-order valence-corrected chi connectivity index (χ4v) is 2.55. The third kappa shape index (κ3) is 9.28. The lowest BCUT2D eigenvalue weighted by molar-refractivity contribution is 0.0702. The van der Waals surface area contributed by atoms with E-state index in [1.807, 2.05) is 26.0 Å². The van der Waals surface area contributed by atoms with E-state index >= 15 is 0 Å². The average molecular weight is 396 g/mol. The zero-order valence-electron chi connectivity index (χ0n) is 18.0. The van der Waals surface area contributed by atoms with Gasteiger partial charge >= 0.3 is 0 Å². The molecule has 0 saturated heterocycles. The van der Waals surface area contributed by atoms with Crippen LogP contribution in [0, 0.1) is 0 Å². The van der Waals surface area contributed by atoms with E-state index < -0.39 is 0 Å². The molecule has 1 unspecified atom stereocenters. The molecule has 28 heavy (non-hydrogen) atoms. The lowest BCUT2D eigenvalue weighted by atomic mass is 10.1. The SMILES string of the molecule is CCNC(=NCCCOCCOC)NC(C)c1ccc(OCC)c(OCC)c1. The van der Waals surface area contributed by atoms with Gasteiger partial charge in [-0.2, -0.15) is 0 Å². The quantitative estimate of drug-likeness (QED) is 0.286. The van der Waals surface area contributed by atoms with Gasteiger partial charge in [0.05, 0.1) is 32.5 Å². The molecule has 7 heteroatoms. The van der Waals surface area contributed by atoms with Crippen LogP contribution in [0.5, 0.6) is 11.5 Å². The summed E-state index contributed by atoms with van der Waals surface area (Å²) in [7, 11) is 1.67. The van der Waals surface area contributed by atoms with Gasteiger partial charge in [0.15, 0.2) is 17.5 Å². The zero-order chi connectivity index (χ0) is 20.6. The highest BCUT2D eigenvalue weighted by molar-refractivity contribution is 5.80. The van der Waals surface area contributed by atoms with Crippen molar-refractivity contribution in [3.63, 3.8) is 0 Å². The summed E-state index contributed by atoms with van der Waals surface area (Å²) in [5.41, 5.74) is 1.11. The molecular formula is C21H37N3O4. The Bertz CT molecular complexity index is 567. The monoisotopic (exact) mass is 395 g/mol. The lowest BCUT2D eigenvalue weighted by Gasteiger charge is -2.20. The third-order valence-corrected chi connectivity index (χ3v) is 3.91. The maximum atomic E-state index is 5.73. The fourth-order valence-electron chi connectivity index (χ4n) is 2.55. The van der Waals surface area contributed by atoms with Crippen LogP contribution in [-0.4, -0.2) is 59.2 Å². The van der Waals surface area contributed by atoms with Crippen molar-refractivity contribution in [2.24, 2.45) is 4.99 Å². The van der Waals surface area contributed by atoms with Gasteiger partial charge in [-0.05, 0) is 51.8 Å². The lowest BCUT2D eigenvalue weighted by Crippen LogP contribution is -2.38. The number of hydrogen-bond donors (Lipinski definition) is 2. The average Bonchev–Trinajstić information content (AvgIpc) is 2.69. The highest BCUT2D eigenvalue weighted by atomic mass is 16.5. The van der Waals surface area contributed by atoms with Crippen LogP contribution in [0.15, 0.2) is 23.2 Å². The second-order valence-electron chi connectivity index (χ2n) is 6.16. The number of benzene rings is 1. The summed E-state index contributed by atoms with van der Waals surface area (Å²) >= 11 is 0. The molecule has 1 atom stereocenters. The Labute approximate surface area is 169 Å². The van der Waals surface area contributed by atoms with Crippen molar-refractivity contribution in [1.29, 1.82) is 0 Å². The Hall–Kier alpha value is -1.99. The maximum absolute atomic E-state index is 5.73. The van der Waals surface area contributed by atoms with Gasteiger partial charge in [0, 0.05) is 26.8 Å². The van der Waals surface area contributed by atoms with E-state index in [1.54, 1.807) is 7.11 Å². The first-order valence-corrected chi connectivity index (χ1v) is 10.2. The molecule has 2 N–H and O–H groups in total. The van der Waals surface area contributed by atoms with Crippen LogP contribution in [0.4, 0.5) is 0 Å². The summed E-state index contributed by atoms with van der Waals surface area (Å²) in [6, 6.07) is 6.12. The number of aliphatic imine (C=N–C) groups is 1. The van der Waals surface area contributed by atoms with Crippen LogP contribution in [-0.2, 0) is 9.47 Å². The van der Waals surface area contributed by atoms with Crippen molar-refractivity contribution in [3.8, 4) is 11.5 Å². The Morgan fingerprint density at radius 3 is 2.46 bits per heavy atom. The smallest absolute Gasteiger partial charge is 0.191 e. The number of guanidine groups is 1. The van der Waals surface area contributed by atoms with Gasteiger partial charge in [-0.25, -0.2) is 0 Å². The van der Waals surface area contributed by atoms with Gasteiger partial charge in [0.2, 0.25) is 0 Å². The summed E-state index contributed by atoms with van der Waals surface area (Å²) in [6.45, 7) is 12.7. The first kappa shape index (κ1) is 24.0. The molecule has 0 bridgehead atoms. The largest absolute Gasteiger partial charge is 0.490 e. The van der Waals surface area contributed by atoms with Crippen molar-refractivity contribution in [1.82, 2.24) is 10.6 Å². The first-order chi connectivity index (χ1) is 13.7. The van der Waals surface area contributed by atoms with Crippen LogP contribution >= 0.6 is 0 Å². The molecule has 0 spiro atoms. The van der Waals surface area contributed by atoms with E-state index in [0.29, 0.717) is 39.6 Å². The fraction of sp³-hybridized carbons (Fsp3) is 0.667. The number of methoxy groups -OCH3 is 1. The van der Waals surface area contributed by atoms with Crippen LogP contribution in [0.3, 0.4) is 0 Å². The van der Waals surface area contributed by atoms with Gasteiger partial charge in [-0.15, -0.1) is 0 Å². The highest BCUT2D eigenvalue weighted by Gasteiger charge is 2.12. The van der Waals surface area contributed by atoms with E-state index in [1.165, 1.54) is 0 Å². The summed E-state index contributed by atoms with van der Waals surface area (Å²) in [5.74, 6) is 2.33. The van der Waals surface area contributed by atoms with Crippen LogP contribution < -0.4 is 20.1 Å². The number of ether oxygens (including phenoxy) is 4. The first-order valence-electron chi connectivity index (χ1n) is 10.2. The van der Waals surface area contributed by atoms with Gasteiger partial charge in [-0.3, -0.25) is 4.99 Å². The molecule has 0 fully saturated rings. The molecule has 0 aromatic heterocycles. The summed E-state index contributed by atoms with van der Waals surface area (Å²) in [4.78, 5) is 4.63. The van der Waals surface area contributed by atoms with Gasteiger partial charge in [0.25, 0.3) is 0 Å². The molecule has 0 amide bonds. The van der Waals surface area contributed by atoms with Gasteiger partial charge in [-0.1, -0.05) is 6.07 Å². The standard InChI is InChI=1S/C21H37N3O4/c1-6-22-21(23-12-9-13-26-15-14-25-5)24-17(4)18-10-11-19(27-7-2)20(16-18)28-8-3/h10-11,16-17H,6-9,12-15H2,1-5H3,(H2,22,23,24). The van der Waals surface area contributed by atoms with Gasteiger partial charge < -0.3 is 29.6 Å². The van der Waals surface area contributed by atoms with E-state index in [9.17, 15) is 0 Å². The second-order valence-corrected chi connectivity index (χ2v) is 6.16. The van der Waals surface area contributed by atoms with Crippen molar-refractivity contribution < 1.29 is 18.9 Å². The van der Waals surface area contributed by atoms with Crippen LogP contribution in [0.2, 0.25) is 0 Å². The molecule has 0 aliphatic carbocycles. The molecule has 0 aliphatic heterocycles. The molecule has 0 saturated carbocycles. The Morgan fingerprint density at radius 1 is 1.04 bits per heavy atom. The van der Waals surface area contributed by atoms with Crippen molar-refractivity contribution in [2.45, 2.75) is 40.2 Å². The van der Waals surface area contributed by atoms with E-state index in [0.717, 1.165) is 36.0 Å². The molecule has 0 aliphatic rings. The third-order valence-electron chi connectivity index (χ3n) is 3.91. The minimum Gasteiger partial charge on any atom is -0.490 e. The van der Waals surface area contributed by atoms with Gasteiger partial charge in [0.1, 0.15) is 0 Å². The van der Waals surface area contributed by atoms with Crippen LogP contribution in [0.25, 0.3) is 0 Å². The second kappa shape index (κ2) is 15.0. The molecule has 7 nitrogen and oxygen atoms in total. The Morgan fingerprint density at radius 2 is 1.79 bits per heavy atom. The van der Waals surface area contributed by atoms with Crippen molar-refractivity contribution in [2.75, 3.05) is 53.2 Å². The zero-order valence-corrected chi connectivity index (χ0v) is 18.0. The summed E-state index contributed by atoms with van der Waals surface area (Å²) < 4.78 is 21.8. The number of hydrogen-bond acceptors (Lipinski definition) is 5. The summed E-state index contributed by atoms with van der Waals surface area (Å²) in [5, 5.41) is 6.74. The molecule has 1 rings (SSSR count). The van der Waals surface area contributed by atoms with Crippen molar-refractivity contribution >= 4 is 5.96 Å². The van der Waals surface area contributed by atoms with E-state index in [2.05, 4.69) is 35.5 Å². The predicted octanol–water partition coefficient (Wildman–Crippen LogP) is 3.15. The summed E-state index contributed by atoms with van der Waals surface area (Å²) in [6.07, 6.45) is 0.867. The highest BCUT2D eigenvalue weighted by Crippen LogP contribution is 2.30. The van der Waals surface area contributed by atoms with E-state index in [-0.39, 0.29) is 6.04 Å². The molecule has 0 radical (unpaired) electrons. The molecule has 1 aromatic rings. The number of nitrogens with zero attached hydrogens (tertiary/aromatic N) is 1. The molecule has 0 heterocycles. The Balaban J connectivity index is 2.65. The normalized spacial score (nSPS) is 12.5.